The highest BCUT2D eigenvalue weighted by Crippen LogP contribution is 2.21. The predicted molar refractivity (Wildman–Crippen MR) is 75.7 cm³/mol. The van der Waals surface area contributed by atoms with Crippen LogP contribution in [0, 0.1) is 0 Å². The van der Waals surface area contributed by atoms with E-state index in [0.29, 0.717) is 11.3 Å². The number of aromatic amines is 1. The van der Waals surface area contributed by atoms with Crippen molar-refractivity contribution in [1.82, 2.24) is 14.8 Å². The first-order valence-corrected chi connectivity index (χ1v) is 6.05. The zero-order valence-corrected chi connectivity index (χ0v) is 10.8. The van der Waals surface area contributed by atoms with Gasteiger partial charge in [-0.15, -0.1) is 0 Å². The maximum Gasteiger partial charge on any atom is 0.255 e. The lowest BCUT2D eigenvalue weighted by Gasteiger charge is -2.06. The number of anilines is 1. The molecule has 1 aromatic carbocycles. The molecule has 2 heterocycles. The molecule has 0 aliphatic heterocycles. The molecule has 3 aromatic rings. The maximum absolute atomic E-state index is 12.2. The molecule has 0 aliphatic carbocycles. The summed E-state index contributed by atoms with van der Waals surface area (Å²) in [5, 5.41) is 10.4. The maximum atomic E-state index is 12.2. The molecule has 0 radical (unpaired) electrons. The molecule has 0 bridgehead atoms. The van der Waals surface area contributed by atoms with E-state index in [4.69, 9.17) is 0 Å². The number of hydrogen-bond donors (Lipinski definition) is 2. The van der Waals surface area contributed by atoms with Crippen molar-refractivity contribution in [1.29, 1.82) is 0 Å². The quantitative estimate of drug-likeness (QED) is 0.739. The number of aryl methyl sites for hydroxylation is 1. The Balaban J connectivity index is 1.94. The zero-order valence-electron chi connectivity index (χ0n) is 10.8. The monoisotopic (exact) mass is 268 g/mol. The van der Waals surface area contributed by atoms with Crippen LogP contribution in [0.15, 0.2) is 47.5 Å². The lowest BCUT2D eigenvalue weighted by Crippen LogP contribution is -2.20. The number of benzene rings is 1. The minimum atomic E-state index is -0.323. The molecule has 0 spiro atoms. The van der Waals surface area contributed by atoms with Gasteiger partial charge in [0, 0.05) is 30.3 Å². The fraction of sp³-hybridized carbons (Fsp3) is 0.0714. The summed E-state index contributed by atoms with van der Waals surface area (Å²) in [5.74, 6) is -0.323. The number of nitrogens with zero attached hydrogens (tertiary/aromatic N) is 2. The Bertz CT molecular complexity index is 848. The fourth-order valence-corrected chi connectivity index (χ4v) is 1.96. The van der Waals surface area contributed by atoms with E-state index < -0.39 is 0 Å². The van der Waals surface area contributed by atoms with Gasteiger partial charge in [-0.1, -0.05) is 6.07 Å². The van der Waals surface area contributed by atoms with E-state index in [-0.39, 0.29) is 11.5 Å². The Kier molecular flexibility index (Phi) is 2.83. The Hall–Kier alpha value is -2.89. The average molecular weight is 268 g/mol. The van der Waals surface area contributed by atoms with Crippen molar-refractivity contribution < 1.29 is 4.79 Å². The lowest BCUT2D eigenvalue weighted by atomic mass is 10.2. The highest BCUT2D eigenvalue weighted by molar-refractivity contribution is 6.08. The van der Waals surface area contributed by atoms with E-state index in [1.807, 2.05) is 12.1 Å². The van der Waals surface area contributed by atoms with E-state index >= 15 is 0 Å². The second-order valence-electron chi connectivity index (χ2n) is 4.46. The Labute approximate surface area is 114 Å². The van der Waals surface area contributed by atoms with Crippen LogP contribution in [0.25, 0.3) is 10.9 Å². The van der Waals surface area contributed by atoms with Crippen LogP contribution in [0.1, 0.15) is 10.4 Å². The normalized spacial score (nSPS) is 10.7. The molecule has 1 amide bonds. The average Bonchev–Trinajstić information content (AvgIpc) is 2.91. The molecule has 0 unspecified atom stereocenters. The van der Waals surface area contributed by atoms with Crippen molar-refractivity contribution in [2.24, 2.45) is 7.05 Å². The van der Waals surface area contributed by atoms with Gasteiger partial charge >= 0.3 is 0 Å². The summed E-state index contributed by atoms with van der Waals surface area (Å²) in [5.41, 5.74) is 1.60. The number of carbonyl (C=O) groups excluding carboxylic acids is 1. The molecule has 2 N–H and O–H groups in total. The summed E-state index contributed by atoms with van der Waals surface area (Å²) in [6.07, 6.45) is 3.21. The number of pyridine rings is 1. The molecule has 0 saturated heterocycles. The summed E-state index contributed by atoms with van der Waals surface area (Å²) in [7, 11) is 1.64. The Morgan fingerprint density at radius 3 is 3.00 bits per heavy atom. The smallest absolute Gasteiger partial charge is 0.255 e. The molecular formula is C14H12N4O2. The van der Waals surface area contributed by atoms with Crippen molar-refractivity contribution in [2.75, 3.05) is 5.32 Å². The van der Waals surface area contributed by atoms with Crippen LogP contribution in [0.3, 0.4) is 0 Å². The van der Waals surface area contributed by atoms with Gasteiger partial charge in [0.25, 0.3) is 11.5 Å². The molecule has 6 heteroatoms. The van der Waals surface area contributed by atoms with Crippen LogP contribution in [0.4, 0.5) is 5.69 Å². The van der Waals surface area contributed by atoms with Gasteiger partial charge in [0.1, 0.15) is 0 Å². The highest BCUT2D eigenvalue weighted by atomic mass is 16.2. The van der Waals surface area contributed by atoms with Crippen LogP contribution in [-0.4, -0.2) is 20.7 Å². The highest BCUT2D eigenvalue weighted by Gasteiger charge is 2.09. The van der Waals surface area contributed by atoms with Crippen molar-refractivity contribution in [3.05, 3.63) is 58.6 Å². The number of H-pyrrole nitrogens is 1. The number of hydrogen-bond acceptors (Lipinski definition) is 3. The van der Waals surface area contributed by atoms with Gasteiger partial charge in [0.2, 0.25) is 0 Å². The second-order valence-corrected chi connectivity index (χ2v) is 4.46. The van der Waals surface area contributed by atoms with Crippen LogP contribution in [0.2, 0.25) is 0 Å². The third-order valence-electron chi connectivity index (χ3n) is 3.10. The molecule has 6 nitrogen and oxygen atoms in total. The molecule has 0 saturated carbocycles. The molecule has 0 aliphatic rings. The molecule has 100 valence electrons. The van der Waals surface area contributed by atoms with E-state index in [2.05, 4.69) is 15.5 Å². The number of amides is 1. The van der Waals surface area contributed by atoms with Crippen LogP contribution >= 0.6 is 0 Å². The van der Waals surface area contributed by atoms with Crippen molar-refractivity contribution in [3.8, 4) is 0 Å². The molecule has 3 rings (SSSR count). The summed E-state index contributed by atoms with van der Waals surface area (Å²) in [6.45, 7) is 0. The van der Waals surface area contributed by atoms with Gasteiger partial charge in [-0.05, 0) is 18.2 Å². The fourth-order valence-electron chi connectivity index (χ4n) is 1.96. The van der Waals surface area contributed by atoms with Crippen LogP contribution in [0.5, 0.6) is 0 Å². The van der Waals surface area contributed by atoms with Gasteiger partial charge in [-0.25, -0.2) is 0 Å². The number of nitrogens with one attached hydrogen (secondary N) is 2. The molecule has 0 fully saturated rings. The first-order chi connectivity index (χ1) is 9.65. The third-order valence-corrected chi connectivity index (χ3v) is 3.10. The lowest BCUT2D eigenvalue weighted by molar-refractivity contribution is 0.102. The van der Waals surface area contributed by atoms with E-state index in [9.17, 15) is 9.59 Å². The predicted octanol–water partition coefficient (Wildman–Crippen LogP) is 1.51. The summed E-state index contributed by atoms with van der Waals surface area (Å²) < 4.78 is 1.41. The van der Waals surface area contributed by atoms with Crippen molar-refractivity contribution in [2.45, 2.75) is 0 Å². The van der Waals surface area contributed by atoms with E-state index in [1.54, 1.807) is 31.6 Å². The summed E-state index contributed by atoms with van der Waals surface area (Å²) in [4.78, 5) is 23.7. The molecule has 0 atom stereocenters. The van der Waals surface area contributed by atoms with Gasteiger partial charge in [0.05, 0.1) is 17.4 Å². The Morgan fingerprint density at radius 2 is 2.20 bits per heavy atom. The SMILES string of the molecule is Cn1ccc(C(=O)Nc2cccc3[nH]ncc23)cc1=O. The van der Waals surface area contributed by atoms with E-state index in [1.165, 1.54) is 10.6 Å². The Morgan fingerprint density at radius 1 is 1.35 bits per heavy atom. The van der Waals surface area contributed by atoms with E-state index in [0.717, 1.165) is 10.9 Å². The largest absolute Gasteiger partial charge is 0.321 e. The minimum absolute atomic E-state index is 0.223. The summed E-state index contributed by atoms with van der Waals surface area (Å²) >= 11 is 0. The number of aromatic nitrogens is 3. The first kappa shape index (κ1) is 12.2. The number of fused-ring (bicyclic) bond motifs is 1. The van der Waals surface area contributed by atoms with Gasteiger partial charge in [-0.2, -0.15) is 5.10 Å². The summed E-state index contributed by atoms with van der Waals surface area (Å²) in [6, 6.07) is 8.39. The van der Waals surface area contributed by atoms with Gasteiger partial charge < -0.3 is 9.88 Å². The minimum Gasteiger partial charge on any atom is -0.321 e. The second kappa shape index (κ2) is 4.65. The molecule has 20 heavy (non-hydrogen) atoms. The molecular weight excluding hydrogens is 256 g/mol. The zero-order chi connectivity index (χ0) is 14.1. The van der Waals surface area contributed by atoms with Crippen LogP contribution < -0.4 is 10.9 Å². The van der Waals surface area contributed by atoms with Crippen LogP contribution in [-0.2, 0) is 7.05 Å². The molecule has 2 aromatic heterocycles. The van der Waals surface area contributed by atoms with Crippen molar-refractivity contribution in [3.63, 3.8) is 0 Å². The van der Waals surface area contributed by atoms with Gasteiger partial charge in [0.15, 0.2) is 0 Å². The third kappa shape index (κ3) is 2.07. The number of rotatable bonds is 2. The van der Waals surface area contributed by atoms with Crippen molar-refractivity contribution >= 4 is 22.5 Å². The number of carbonyl (C=O) groups is 1. The van der Waals surface area contributed by atoms with Gasteiger partial charge in [-0.3, -0.25) is 14.7 Å². The topological polar surface area (TPSA) is 79.8 Å². The standard InChI is InChI=1S/C14H12N4O2/c1-18-6-5-9(7-13(18)19)14(20)16-11-3-2-4-12-10(11)8-15-17-12/h2-8H,1H3,(H,15,17)(H,16,20). The first-order valence-electron chi connectivity index (χ1n) is 6.05.